The zero-order valence-corrected chi connectivity index (χ0v) is 11.8. The predicted octanol–water partition coefficient (Wildman–Crippen LogP) is 3.13. The van der Waals surface area contributed by atoms with Crippen LogP contribution in [0.25, 0.3) is 11.1 Å². The number of hydrogen-bond donors (Lipinski definition) is 0. The first kappa shape index (κ1) is 13.6. The van der Waals surface area contributed by atoms with Crippen LogP contribution in [0, 0.1) is 0 Å². The molecule has 0 amide bonds. The Kier molecular flexibility index (Phi) is 3.57. The average molecular weight is 280 g/mol. The minimum atomic E-state index is -0.761. The van der Waals surface area contributed by atoms with Gasteiger partial charge in [0.05, 0.1) is 6.61 Å². The second kappa shape index (κ2) is 5.52. The van der Waals surface area contributed by atoms with E-state index in [1.54, 1.807) is 6.92 Å². The van der Waals surface area contributed by atoms with Crippen LogP contribution in [0.15, 0.2) is 48.5 Å². The molecule has 0 saturated carbocycles. The van der Waals surface area contributed by atoms with Crippen LogP contribution in [0.5, 0.6) is 0 Å². The van der Waals surface area contributed by atoms with Crippen LogP contribution < -0.4 is 0 Å². The third-order valence-electron chi connectivity index (χ3n) is 3.77. The summed E-state index contributed by atoms with van der Waals surface area (Å²) in [6, 6.07) is 15.8. The largest absolute Gasteiger partial charge is 0.465 e. The van der Waals surface area contributed by atoms with E-state index >= 15 is 0 Å². The van der Waals surface area contributed by atoms with Gasteiger partial charge < -0.3 is 4.74 Å². The lowest BCUT2D eigenvalue weighted by atomic mass is 9.96. The molecule has 106 valence electrons. The van der Waals surface area contributed by atoms with Crippen LogP contribution in [0.2, 0.25) is 0 Å². The van der Waals surface area contributed by atoms with Crippen molar-refractivity contribution in [2.75, 3.05) is 6.61 Å². The number of Topliss-reactive ketones (excluding diaryl/α,β-unsaturated/α-hetero) is 1. The lowest BCUT2D eigenvalue weighted by Gasteiger charge is -2.11. The zero-order chi connectivity index (χ0) is 14.8. The zero-order valence-electron chi connectivity index (χ0n) is 11.8. The molecule has 0 radical (unpaired) electrons. The van der Waals surface area contributed by atoms with E-state index in [0.717, 1.165) is 22.3 Å². The van der Waals surface area contributed by atoms with Gasteiger partial charge in [0.2, 0.25) is 0 Å². The highest BCUT2D eigenvalue weighted by Crippen LogP contribution is 2.34. The number of esters is 1. The number of hydrogen-bond acceptors (Lipinski definition) is 3. The van der Waals surface area contributed by atoms with Gasteiger partial charge in [-0.25, -0.2) is 0 Å². The van der Waals surface area contributed by atoms with Gasteiger partial charge in [0, 0.05) is 6.42 Å². The van der Waals surface area contributed by atoms with Crippen molar-refractivity contribution in [2.45, 2.75) is 19.3 Å². The highest BCUT2D eigenvalue weighted by atomic mass is 16.5. The minimum absolute atomic E-state index is 0.0753. The summed E-state index contributed by atoms with van der Waals surface area (Å²) in [5, 5.41) is 0. The van der Waals surface area contributed by atoms with E-state index in [1.165, 1.54) is 0 Å². The summed E-state index contributed by atoms with van der Waals surface area (Å²) in [7, 11) is 0. The van der Waals surface area contributed by atoms with Gasteiger partial charge in [-0.05, 0) is 35.2 Å². The van der Waals surface area contributed by atoms with Crippen LogP contribution in [0.1, 0.15) is 24.0 Å². The summed E-state index contributed by atoms with van der Waals surface area (Å²) in [5.74, 6) is -1.27. The first-order valence-corrected chi connectivity index (χ1v) is 7.08. The van der Waals surface area contributed by atoms with Crippen molar-refractivity contribution >= 4 is 11.8 Å². The normalized spacial score (nSPS) is 16.6. The molecule has 0 heterocycles. The Morgan fingerprint density at radius 1 is 1.14 bits per heavy atom. The Hall–Kier alpha value is -2.42. The first-order chi connectivity index (χ1) is 10.2. The standard InChI is InChI=1S/C18H16O3/c1-2-21-18(20)17-15-10-13(12-6-4-3-5-7-12)8-9-14(15)11-16(17)19/h3-10,17H,2,11H2,1H3. The van der Waals surface area contributed by atoms with Crippen molar-refractivity contribution in [2.24, 2.45) is 0 Å². The molecule has 3 rings (SSSR count). The molecule has 0 N–H and O–H groups in total. The van der Waals surface area contributed by atoms with Crippen LogP contribution in [0.3, 0.4) is 0 Å². The molecule has 3 heteroatoms. The van der Waals surface area contributed by atoms with Gasteiger partial charge in [-0.1, -0.05) is 42.5 Å². The van der Waals surface area contributed by atoms with Gasteiger partial charge in [0.1, 0.15) is 5.92 Å². The Labute approximate surface area is 123 Å². The molecule has 0 spiro atoms. The highest BCUT2D eigenvalue weighted by Gasteiger charge is 2.37. The molecule has 0 fully saturated rings. The van der Waals surface area contributed by atoms with Crippen LogP contribution >= 0.6 is 0 Å². The van der Waals surface area contributed by atoms with Gasteiger partial charge >= 0.3 is 5.97 Å². The number of benzene rings is 2. The summed E-state index contributed by atoms with van der Waals surface area (Å²) in [6.07, 6.45) is 0.313. The monoisotopic (exact) mass is 280 g/mol. The lowest BCUT2D eigenvalue weighted by molar-refractivity contribution is -0.147. The third-order valence-corrected chi connectivity index (χ3v) is 3.77. The molecule has 0 saturated heterocycles. The summed E-state index contributed by atoms with van der Waals surface area (Å²) in [4.78, 5) is 24.1. The number of carbonyl (C=O) groups excluding carboxylic acids is 2. The predicted molar refractivity (Wildman–Crippen MR) is 80.0 cm³/mol. The van der Waals surface area contributed by atoms with Crippen LogP contribution in [0.4, 0.5) is 0 Å². The molecular formula is C18H16O3. The molecule has 21 heavy (non-hydrogen) atoms. The second-order valence-electron chi connectivity index (χ2n) is 5.11. The van der Waals surface area contributed by atoms with E-state index in [0.29, 0.717) is 6.42 Å². The first-order valence-electron chi connectivity index (χ1n) is 7.08. The van der Waals surface area contributed by atoms with E-state index in [9.17, 15) is 9.59 Å². The Balaban J connectivity index is 2.02. The van der Waals surface area contributed by atoms with Crippen molar-refractivity contribution in [3.8, 4) is 11.1 Å². The molecule has 1 aliphatic carbocycles. The van der Waals surface area contributed by atoms with Gasteiger partial charge in [0.25, 0.3) is 0 Å². The number of ketones is 1. The smallest absolute Gasteiger partial charge is 0.321 e. The third kappa shape index (κ3) is 2.47. The molecule has 2 aromatic rings. The van der Waals surface area contributed by atoms with Gasteiger partial charge in [0.15, 0.2) is 5.78 Å². The van der Waals surface area contributed by atoms with Crippen LogP contribution in [-0.2, 0) is 20.7 Å². The van der Waals surface area contributed by atoms with E-state index in [2.05, 4.69) is 0 Å². The molecule has 0 aromatic heterocycles. The molecule has 0 bridgehead atoms. The fourth-order valence-electron chi connectivity index (χ4n) is 2.78. The Bertz CT molecular complexity index is 689. The molecule has 1 unspecified atom stereocenters. The van der Waals surface area contributed by atoms with E-state index in [4.69, 9.17) is 4.74 Å². The maximum atomic E-state index is 12.1. The summed E-state index contributed by atoms with van der Waals surface area (Å²) in [6.45, 7) is 2.04. The quantitative estimate of drug-likeness (QED) is 0.641. The molecule has 0 aliphatic heterocycles. The number of rotatable bonds is 3. The van der Waals surface area contributed by atoms with Crippen molar-refractivity contribution < 1.29 is 14.3 Å². The van der Waals surface area contributed by atoms with Gasteiger partial charge in [-0.3, -0.25) is 9.59 Å². The maximum Gasteiger partial charge on any atom is 0.321 e. The minimum Gasteiger partial charge on any atom is -0.465 e. The molecule has 1 aliphatic rings. The summed E-state index contributed by atoms with van der Waals surface area (Å²) >= 11 is 0. The maximum absolute atomic E-state index is 12.1. The average Bonchev–Trinajstić information content (AvgIpc) is 2.83. The molecule has 1 atom stereocenters. The molecule has 2 aromatic carbocycles. The molecule has 3 nitrogen and oxygen atoms in total. The summed E-state index contributed by atoms with van der Waals surface area (Å²) in [5.41, 5.74) is 3.80. The Morgan fingerprint density at radius 2 is 1.90 bits per heavy atom. The Morgan fingerprint density at radius 3 is 2.62 bits per heavy atom. The van der Waals surface area contributed by atoms with E-state index in [-0.39, 0.29) is 12.4 Å². The number of ether oxygens (including phenoxy) is 1. The van der Waals surface area contributed by atoms with Crippen molar-refractivity contribution in [3.63, 3.8) is 0 Å². The second-order valence-corrected chi connectivity index (χ2v) is 5.11. The van der Waals surface area contributed by atoms with Crippen molar-refractivity contribution in [1.82, 2.24) is 0 Å². The van der Waals surface area contributed by atoms with Gasteiger partial charge in [-0.2, -0.15) is 0 Å². The highest BCUT2D eigenvalue weighted by molar-refractivity contribution is 6.08. The van der Waals surface area contributed by atoms with Crippen molar-refractivity contribution in [1.29, 1.82) is 0 Å². The fourth-order valence-corrected chi connectivity index (χ4v) is 2.78. The molecular weight excluding hydrogens is 264 g/mol. The SMILES string of the molecule is CCOC(=O)C1C(=O)Cc2ccc(-c3ccccc3)cc21. The van der Waals surface area contributed by atoms with E-state index in [1.807, 2.05) is 48.5 Å². The number of fused-ring (bicyclic) bond motifs is 1. The summed E-state index contributed by atoms with van der Waals surface area (Å²) < 4.78 is 5.04. The topological polar surface area (TPSA) is 43.4 Å². The van der Waals surface area contributed by atoms with E-state index < -0.39 is 11.9 Å². The van der Waals surface area contributed by atoms with Gasteiger partial charge in [-0.15, -0.1) is 0 Å². The lowest BCUT2D eigenvalue weighted by Crippen LogP contribution is -2.20. The number of carbonyl (C=O) groups is 2. The van der Waals surface area contributed by atoms with Crippen molar-refractivity contribution in [3.05, 3.63) is 59.7 Å². The van der Waals surface area contributed by atoms with Crippen LogP contribution in [-0.4, -0.2) is 18.4 Å². The fraction of sp³-hybridized carbons (Fsp3) is 0.222.